The van der Waals surface area contributed by atoms with Gasteiger partial charge in [0.2, 0.25) is 0 Å². The summed E-state index contributed by atoms with van der Waals surface area (Å²) < 4.78 is 1.58. The largest absolute Gasteiger partial charge is 0.476 e. The predicted molar refractivity (Wildman–Crippen MR) is 86.1 cm³/mol. The highest BCUT2D eigenvalue weighted by molar-refractivity contribution is 7.99. The number of carbonyl (C=O) groups is 1. The van der Waals surface area contributed by atoms with Crippen molar-refractivity contribution in [1.82, 2.24) is 9.78 Å². The predicted octanol–water partition coefficient (Wildman–Crippen LogP) is 4.11. The fourth-order valence-electron chi connectivity index (χ4n) is 1.92. The van der Waals surface area contributed by atoms with E-state index in [0.717, 1.165) is 4.90 Å². The molecule has 1 aromatic carbocycles. The van der Waals surface area contributed by atoms with Crippen LogP contribution in [-0.4, -0.2) is 26.0 Å². The van der Waals surface area contributed by atoms with Gasteiger partial charge in [0.1, 0.15) is 5.03 Å². The molecule has 22 heavy (non-hydrogen) atoms. The third-order valence-electron chi connectivity index (χ3n) is 2.86. The van der Waals surface area contributed by atoms with E-state index in [-0.39, 0.29) is 17.3 Å². The van der Waals surface area contributed by atoms with Crippen LogP contribution in [0.5, 0.6) is 0 Å². The van der Waals surface area contributed by atoms with Crippen molar-refractivity contribution in [3.8, 4) is 0 Å². The van der Waals surface area contributed by atoms with Gasteiger partial charge >= 0.3 is 5.97 Å². The lowest BCUT2D eigenvalue weighted by Crippen LogP contribution is -2.06. The molecule has 0 bridgehead atoms. The second kappa shape index (κ2) is 6.91. The summed E-state index contributed by atoms with van der Waals surface area (Å²) in [5, 5.41) is 24.4. The fourth-order valence-corrected chi connectivity index (χ4v) is 3.80. The molecular formula is C14H14Cl2N2O3S. The van der Waals surface area contributed by atoms with Crippen LogP contribution in [-0.2, 0) is 6.61 Å². The Labute approximate surface area is 141 Å². The summed E-state index contributed by atoms with van der Waals surface area (Å²) >= 11 is 13.2. The molecule has 0 aliphatic carbocycles. The number of benzene rings is 1. The van der Waals surface area contributed by atoms with Crippen LogP contribution < -0.4 is 0 Å². The van der Waals surface area contributed by atoms with Crippen molar-refractivity contribution in [3.63, 3.8) is 0 Å². The minimum absolute atomic E-state index is 0.0597. The molecule has 1 heterocycles. The zero-order valence-corrected chi connectivity index (χ0v) is 14.2. The van der Waals surface area contributed by atoms with E-state index in [1.807, 2.05) is 13.8 Å². The van der Waals surface area contributed by atoms with E-state index in [9.17, 15) is 15.0 Å². The Balaban J connectivity index is 2.54. The Hall–Kier alpha value is -1.21. The van der Waals surface area contributed by atoms with Crippen LogP contribution in [0.1, 0.15) is 35.9 Å². The Kier molecular flexibility index (Phi) is 5.39. The summed E-state index contributed by atoms with van der Waals surface area (Å²) in [6, 6.07) is 4.99. The number of carboxylic acids is 1. The van der Waals surface area contributed by atoms with Gasteiger partial charge in [-0.15, -0.1) is 0 Å². The summed E-state index contributed by atoms with van der Waals surface area (Å²) in [4.78, 5) is 12.0. The average molecular weight is 361 g/mol. The zero-order chi connectivity index (χ0) is 16.4. The van der Waals surface area contributed by atoms with E-state index in [1.165, 1.54) is 11.8 Å². The molecule has 0 aliphatic heterocycles. The van der Waals surface area contributed by atoms with Crippen LogP contribution >= 0.6 is 35.0 Å². The maximum atomic E-state index is 11.3. The van der Waals surface area contributed by atoms with Gasteiger partial charge in [-0.1, -0.05) is 35.0 Å². The van der Waals surface area contributed by atoms with Crippen molar-refractivity contribution >= 4 is 40.9 Å². The first-order valence-electron chi connectivity index (χ1n) is 6.43. The van der Waals surface area contributed by atoms with Gasteiger partial charge in [0.25, 0.3) is 0 Å². The summed E-state index contributed by atoms with van der Waals surface area (Å²) in [5.41, 5.74) is 0.133. The van der Waals surface area contributed by atoms with Gasteiger partial charge in [0, 0.05) is 26.5 Å². The molecule has 0 saturated heterocycles. The van der Waals surface area contributed by atoms with Crippen molar-refractivity contribution in [1.29, 1.82) is 0 Å². The second-order valence-corrected chi connectivity index (χ2v) is 6.78. The van der Waals surface area contributed by atoms with Crippen LogP contribution in [0.3, 0.4) is 0 Å². The summed E-state index contributed by atoms with van der Waals surface area (Å²) in [5.74, 6) is -1.17. The van der Waals surface area contributed by atoms with E-state index in [1.54, 1.807) is 22.9 Å². The molecule has 2 rings (SSSR count). The maximum absolute atomic E-state index is 11.3. The molecule has 0 amide bonds. The molecule has 0 unspecified atom stereocenters. The van der Waals surface area contributed by atoms with Gasteiger partial charge in [-0.2, -0.15) is 5.10 Å². The molecule has 2 aromatic rings. The highest BCUT2D eigenvalue weighted by atomic mass is 35.5. The summed E-state index contributed by atoms with van der Waals surface area (Å²) in [6.45, 7) is 3.36. The number of aliphatic hydroxyl groups is 1. The van der Waals surface area contributed by atoms with Gasteiger partial charge in [-0.25, -0.2) is 4.79 Å². The molecule has 118 valence electrons. The number of carboxylic acid groups (broad SMARTS) is 1. The zero-order valence-electron chi connectivity index (χ0n) is 11.9. The van der Waals surface area contributed by atoms with Gasteiger partial charge in [-0.3, -0.25) is 4.68 Å². The van der Waals surface area contributed by atoms with Gasteiger partial charge in [-0.05, 0) is 32.0 Å². The molecule has 0 fully saturated rings. The van der Waals surface area contributed by atoms with E-state index in [0.29, 0.717) is 15.1 Å². The minimum Gasteiger partial charge on any atom is -0.476 e. The smallest absolute Gasteiger partial charge is 0.356 e. The summed E-state index contributed by atoms with van der Waals surface area (Å²) in [7, 11) is 0. The van der Waals surface area contributed by atoms with Crippen molar-refractivity contribution in [2.75, 3.05) is 0 Å². The molecule has 0 radical (unpaired) electrons. The highest BCUT2D eigenvalue weighted by Crippen LogP contribution is 2.36. The molecule has 5 nitrogen and oxygen atoms in total. The fraction of sp³-hybridized carbons (Fsp3) is 0.286. The molecule has 0 aliphatic rings. The van der Waals surface area contributed by atoms with Crippen LogP contribution in [0.25, 0.3) is 0 Å². The number of aliphatic hydroxyl groups excluding tert-OH is 1. The minimum atomic E-state index is -1.17. The number of hydrogen-bond acceptors (Lipinski definition) is 4. The standard InChI is InChI=1S/C14H14Cl2N2O3S/c1-7(2)18-13(11(6-19)12(17-18)14(20)21)22-10-4-8(15)3-9(16)5-10/h3-5,7,19H,6H2,1-2H3,(H,20,21). The van der Waals surface area contributed by atoms with E-state index < -0.39 is 12.6 Å². The van der Waals surface area contributed by atoms with Gasteiger partial charge in [0.15, 0.2) is 5.69 Å². The third-order valence-corrected chi connectivity index (χ3v) is 4.39. The van der Waals surface area contributed by atoms with Gasteiger partial charge in [0.05, 0.1) is 6.61 Å². The first kappa shape index (κ1) is 17.1. The Morgan fingerprint density at radius 2 is 1.91 bits per heavy atom. The molecule has 0 spiro atoms. The number of rotatable bonds is 5. The quantitative estimate of drug-likeness (QED) is 0.838. The van der Waals surface area contributed by atoms with Gasteiger partial charge < -0.3 is 10.2 Å². The number of nitrogens with zero attached hydrogens (tertiary/aromatic N) is 2. The lowest BCUT2D eigenvalue weighted by Gasteiger charge is -2.12. The molecule has 2 N–H and O–H groups in total. The first-order chi connectivity index (χ1) is 10.3. The first-order valence-corrected chi connectivity index (χ1v) is 8.00. The Morgan fingerprint density at radius 3 is 2.36 bits per heavy atom. The molecule has 1 aromatic heterocycles. The number of hydrogen-bond donors (Lipinski definition) is 2. The van der Waals surface area contributed by atoms with Crippen molar-refractivity contribution in [2.24, 2.45) is 0 Å². The van der Waals surface area contributed by atoms with E-state index in [4.69, 9.17) is 23.2 Å². The Bertz CT molecular complexity index is 696. The van der Waals surface area contributed by atoms with E-state index >= 15 is 0 Å². The molecule has 0 atom stereocenters. The maximum Gasteiger partial charge on any atom is 0.356 e. The normalized spacial score (nSPS) is 11.2. The number of aromatic nitrogens is 2. The number of halogens is 2. The van der Waals surface area contributed by atoms with Crippen LogP contribution in [0.15, 0.2) is 28.1 Å². The summed E-state index contributed by atoms with van der Waals surface area (Å²) in [6.07, 6.45) is 0. The lowest BCUT2D eigenvalue weighted by atomic mass is 10.2. The van der Waals surface area contributed by atoms with Crippen molar-refractivity contribution in [3.05, 3.63) is 39.5 Å². The SMILES string of the molecule is CC(C)n1nc(C(=O)O)c(CO)c1Sc1cc(Cl)cc(Cl)c1. The van der Waals surface area contributed by atoms with E-state index in [2.05, 4.69) is 5.10 Å². The van der Waals surface area contributed by atoms with Crippen LogP contribution in [0, 0.1) is 0 Å². The molecule has 8 heteroatoms. The second-order valence-electron chi connectivity index (χ2n) is 4.84. The van der Waals surface area contributed by atoms with Crippen molar-refractivity contribution in [2.45, 2.75) is 36.4 Å². The lowest BCUT2D eigenvalue weighted by molar-refractivity contribution is 0.0686. The topological polar surface area (TPSA) is 75.4 Å². The Morgan fingerprint density at radius 1 is 1.32 bits per heavy atom. The molecular weight excluding hydrogens is 347 g/mol. The third kappa shape index (κ3) is 3.57. The number of aromatic carboxylic acids is 1. The average Bonchev–Trinajstić information content (AvgIpc) is 2.76. The highest BCUT2D eigenvalue weighted by Gasteiger charge is 2.24. The van der Waals surface area contributed by atoms with Crippen LogP contribution in [0.2, 0.25) is 10.0 Å². The monoisotopic (exact) mass is 360 g/mol. The van der Waals surface area contributed by atoms with Crippen LogP contribution in [0.4, 0.5) is 0 Å². The van der Waals surface area contributed by atoms with Crippen molar-refractivity contribution < 1.29 is 15.0 Å². The molecule has 0 saturated carbocycles.